The minimum atomic E-state index is 0.276. The smallest absolute Gasteiger partial charge is 0.177 e. The number of pyridine rings is 1. The number of nitrogens with one attached hydrogen (secondary N) is 2. The molecule has 3 heterocycles. The minimum absolute atomic E-state index is 0.276. The van der Waals surface area contributed by atoms with E-state index >= 15 is 0 Å². The fourth-order valence-electron chi connectivity index (χ4n) is 2.36. The van der Waals surface area contributed by atoms with E-state index in [2.05, 4.69) is 43.1 Å². The zero-order chi connectivity index (χ0) is 12.5. The first-order valence-corrected chi connectivity index (χ1v) is 6.89. The van der Waals surface area contributed by atoms with E-state index in [1.807, 2.05) is 6.07 Å². The number of imidazole rings is 1. The molecule has 0 aromatic carbocycles. The Morgan fingerprint density at radius 2 is 2.44 bits per heavy atom. The van der Waals surface area contributed by atoms with E-state index in [4.69, 9.17) is 4.74 Å². The van der Waals surface area contributed by atoms with Gasteiger partial charge in [0.25, 0.3) is 0 Å². The second kappa shape index (κ2) is 4.95. The van der Waals surface area contributed by atoms with Crippen LogP contribution < -0.4 is 5.32 Å². The number of ether oxygens (including phenoxy) is 1. The summed E-state index contributed by atoms with van der Waals surface area (Å²) in [5.74, 6) is 1.23. The zero-order valence-electron chi connectivity index (χ0n) is 10.1. The number of rotatable bonds is 3. The highest BCUT2D eigenvalue weighted by molar-refractivity contribution is 9.10. The maximum atomic E-state index is 5.54. The van der Waals surface area contributed by atoms with Gasteiger partial charge < -0.3 is 15.0 Å². The van der Waals surface area contributed by atoms with Crippen LogP contribution in [0.15, 0.2) is 16.7 Å². The van der Waals surface area contributed by atoms with Crippen molar-refractivity contribution in [2.24, 2.45) is 0 Å². The molecule has 0 amide bonds. The third-order valence-corrected chi connectivity index (χ3v) is 3.65. The Bertz CT molecular complexity index is 556. The molecule has 2 N–H and O–H groups in total. The Labute approximate surface area is 113 Å². The molecule has 2 aromatic heterocycles. The molecule has 1 saturated heterocycles. The van der Waals surface area contributed by atoms with Crippen molar-refractivity contribution in [1.82, 2.24) is 20.3 Å². The van der Waals surface area contributed by atoms with E-state index < -0.39 is 0 Å². The number of likely N-dealkylation sites (N-methyl/N-ethyl adjacent to an activating group) is 1. The second-order valence-electron chi connectivity index (χ2n) is 4.45. The molecular formula is C12H15BrN4O. The summed E-state index contributed by atoms with van der Waals surface area (Å²) >= 11 is 3.41. The first-order chi connectivity index (χ1) is 8.78. The summed E-state index contributed by atoms with van der Waals surface area (Å²) < 4.78 is 6.50. The first-order valence-electron chi connectivity index (χ1n) is 6.10. The van der Waals surface area contributed by atoms with E-state index in [9.17, 15) is 0 Å². The molecule has 0 radical (unpaired) electrons. The van der Waals surface area contributed by atoms with Crippen LogP contribution in [-0.4, -0.2) is 40.8 Å². The summed E-state index contributed by atoms with van der Waals surface area (Å²) in [5.41, 5.74) is 1.72. The monoisotopic (exact) mass is 310 g/mol. The molecule has 1 aliphatic rings. The highest BCUT2D eigenvalue weighted by atomic mass is 79.9. The average Bonchev–Trinajstić information content (AvgIpc) is 2.94. The van der Waals surface area contributed by atoms with Gasteiger partial charge in [-0.05, 0) is 28.5 Å². The van der Waals surface area contributed by atoms with Gasteiger partial charge in [-0.3, -0.25) is 0 Å². The lowest BCUT2D eigenvalue weighted by atomic mass is 10.0. The molecule has 96 valence electrons. The van der Waals surface area contributed by atoms with Crippen LogP contribution in [0.25, 0.3) is 11.2 Å². The molecule has 18 heavy (non-hydrogen) atoms. The van der Waals surface area contributed by atoms with Gasteiger partial charge in [-0.25, -0.2) is 9.97 Å². The molecule has 6 heteroatoms. The Morgan fingerprint density at radius 1 is 1.56 bits per heavy atom. The number of hydrogen-bond donors (Lipinski definition) is 2. The van der Waals surface area contributed by atoms with Crippen LogP contribution in [0.2, 0.25) is 0 Å². The Balaban J connectivity index is 1.93. The van der Waals surface area contributed by atoms with Crippen molar-refractivity contribution in [2.45, 2.75) is 18.9 Å². The Hall–Kier alpha value is -0.980. The molecule has 1 aliphatic heterocycles. The molecule has 0 saturated carbocycles. The Kier molecular flexibility index (Phi) is 3.32. The van der Waals surface area contributed by atoms with Gasteiger partial charge in [-0.15, -0.1) is 0 Å². The number of hydrogen-bond acceptors (Lipinski definition) is 4. The van der Waals surface area contributed by atoms with E-state index in [-0.39, 0.29) is 5.92 Å². The van der Waals surface area contributed by atoms with Gasteiger partial charge in [-0.1, -0.05) is 6.92 Å². The predicted octanol–water partition coefficient (Wildman–Crippen LogP) is 1.81. The van der Waals surface area contributed by atoms with E-state index in [0.717, 1.165) is 34.6 Å². The van der Waals surface area contributed by atoms with E-state index in [1.54, 1.807) is 6.20 Å². The maximum Gasteiger partial charge on any atom is 0.177 e. The molecule has 0 bridgehead atoms. The summed E-state index contributed by atoms with van der Waals surface area (Å²) in [6.45, 7) is 4.49. The summed E-state index contributed by atoms with van der Waals surface area (Å²) in [4.78, 5) is 12.2. The molecule has 3 rings (SSSR count). The summed E-state index contributed by atoms with van der Waals surface area (Å²) in [5, 5.41) is 3.43. The zero-order valence-corrected chi connectivity index (χ0v) is 11.7. The van der Waals surface area contributed by atoms with Crippen molar-refractivity contribution in [1.29, 1.82) is 0 Å². The quantitative estimate of drug-likeness (QED) is 0.907. The third-order valence-electron chi connectivity index (χ3n) is 3.22. The molecule has 2 aromatic rings. The lowest BCUT2D eigenvalue weighted by Crippen LogP contribution is -2.34. The second-order valence-corrected chi connectivity index (χ2v) is 5.37. The lowest BCUT2D eigenvalue weighted by Gasteiger charge is -2.15. The van der Waals surface area contributed by atoms with Gasteiger partial charge in [0, 0.05) is 16.7 Å². The van der Waals surface area contributed by atoms with E-state index in [1.165, 1.54) is 0 Å². The fraction of sp³-hybridized carbons (Fsp3) is 0.500. The fourth-order valence-corrected chi connectivity index (χ4v) is 2.69. The predicted molar refractivity (Wildman–Crippen MR) is 72.6 cm³/mol. The van der Waals surface area contributed by atoms with Crippen molar-refractivity contribution in [3.8, 4) is 0 Å². The van der Waals surface area contributed by atoms with Crippen molar-refractivity contribution in [3.63, 3.8) is 0 Å². The summed E-state index contributed by atoms with van der Waals surface area (Å²) in [6, 6.07) is 2.33. The van der Waals surface area contributed by atoms with Gasteiger partial charge >= 0.3 is 0 Å². The standard InChI is InChI=1S/C12H15BrN4O/c1-2-14-10-6-18-5-8(10)11-16-9-3-7(13)4-15-12(9)17-11/h3-4,8,10,14H,2,5-6H2,1H3,(H,15,16,17). The van der Waals surface area contributed by atoms with Gasteiger partial charge in [0.15, 0.2) is 5.65 Å². The molecule has 0 spiro atoms. The van der Waals surface area contributed by atoms with Gasteiger partial charge in [0.1, 0.15) is 5.82 Å². The molecule has 2 unspecified atom stereocenters. The van der Waals surface area contributed by atoms with Crippen LogP contribution in [0.1, 0.15) is 18.7 Å². The van der Waals surface area contributed by atoms with Gasteiger partial charge in [-0.2, -0.15) is 0 Å². The van der Waals surface area contributed by atoms with Crippen LogP contribution in [0.4, 0.5) is 0 Å². The number of fused-ring (bicyclic) bond motifs is 1. The third kappa shape index (κ3) is 2.15. The summed E-state index contributed by atoms with van der Waals surface area (Å²) in [7, 11) is 0. The van der Waals surface area contributed by atoms with Crippen LogP contribution >= 0.6 is 15.9 Å². The molecule has 0 aliphatic carbocycles. The topological polar surface area (TPSA) is 62.8 Å². The van der Waals surface area contributed by atoms with Crippen LogP contribution in [0.5, 0.6) is 0 Å². The highest BCUT2D eigenvalue weighted by Crippen LogP contribution is 2.25. The number of H-pyrrole nitrogens is 1. The van der Waals surface area contributed by atoms with Crippen molar-refractivity contribution in [3.05, 3.63) is 22.6 Å². The van der Waals surface area contributed by atoms with Crippen LogP contribution in [0.3, 0.4) is 0 Å². The van der Waals surface area contributed by atoms with Crippen molar-refractivity contribution < 1.29 is 4.74 Å². The molecule has 1 fully saturated rings. The van der Waals surface area contributed by atoms with Crippen molar-refractivity contribution >= 4 is 27.1 Å². The summed E-state index contributed by atoms with van der Waals surface area (Å²) in [6.07, 6.45) is 1.76. The lowest BCUT2D eigenvalue weighted by molar-refractivity contribution is 0.187. The average molecular weight is 311 g/mol. The first kappa shape index (κ1) is 12.1. The van der Waals surface area contributed by atoms with Crippen LogP contribution in [0, 0.1) is 0 Å². The largest absolute Gasteiger partial charge is 0.379 e. The van der Waals surface area contributed by atoms with E-state index in [0.29, 0.717) is 12.6 Å². The normalized spacial score (nSPS) is 23.9. The SMILES string of the molecule is CCNC1COCC1c1nc2ncc(Br)cc2[nH]1. The maximum absolute atomic E-state index is 5.54. The van der Waals surface area contributed by atoms with Crippen LogP contribution in [-0.2, 0) is 4.74 Å². The van der Waals surface area contributed by atoms with Gasteiger partial charge in [0.2, 0.25) is 0 Å². The molecule has 5 nitrogen and oxygen atoms in total. The molecule has 2 atom stereocenters. The Morgan fingerprint density at radius 3 is 3.28 bits per heavy atom. The number of halogens is 1. The molecular weight excluding hydrogens is 296 g/mol. The highest BCUT2D eigenvalue weighted by Gasteiger charge is 2.31. The van der Waals surface area contributed by atoms with Crippen molar-refractivity contribution in [2.75, 3.05) is 19.8 Å². The van der Waals surface area contributed by atoms with Gasteiger partial charge in [0.05, 0.1) is 24.6 Å². The number of aromatic nitrogens is 3. The number of aromatic amines is 1. The minimum Gasteiger partial charge on any atom is -0.379 e. The number of nitrogens with zero attached hydrogens (tertiary/aromatic N) is 2.